The Morgan fingerprint density at radius 1 is 0.548 bits per heavy atom. The van der Waals surface area contributed by atoms with Gasteiger partial charge in [0.2, 0.25) is 0 Å². The molecule has 0 heterocycles. The molecule has 0 N–H and O–H groups in total. The van der Waals surface area contributed by atoms with Gasteiger partial charge >= 0.3 is 11.9 Å². The van der Waals surface area contributed by atoms with Crippen molar-refractivity contribution in [2.45, 2.75) is 142 Å². The van der Waals surface area contributed by atoms with E-state index in [-0.39, 0.29) is 31.6 Å². The van der Waals surface area contributed by atoms with Crippen LogP contribution in [0.4, 0.5) is 0 Å². The maximum absolute atomic E-state index is 12.4. The van der Waals surface area contributed by atoms with E-state index in [4.69, 9.17) is 14.2 Å². The third-order valence-corrected chi connectivity index (χ3v) is 6.60. The van der Waals surface area contributed by atoms with Crippen molar-refractivity contribution in [2.75, 3.05) is 19.8 Å². The molecule has 0 amide bonds. The van der Waals surface area contributed by atoms with Gasteiger partial charge in [-0.3, -0.25) is 9.59 Å². The molecule has 0 radical (unpaired) electrons. The number of hydrogen-bond donors (Lipinski definition) is 0. The van der Waals surface area contributed by atoms with E-state index in [1.807, 2.05) is 12.2 Å². The molecule has 0 saturated carbocycles. The first-order valence-electron chi connectivity index (χ1n) is 16.8. The molecular weight excluding hydrogens is 524 g/mol. The van der Waals surface area contributed by atoms with Gasteiger partial charge in [0, 0.05) is 13.0 Å². The molecule has 0 aromatic heterocycles. The summed E-state index contributed by atoms with van der Waals surface area (Å²) >= 11 is 0. The monoisotopic (exact) mass is 586 g/mol. The SMILES string of the molecule is CC/C=C\C/C=C\C/C=C\C/C=C\C/C=C\CC(=O)OCC(COCCCCCCCC)OC(=O)CCCCCCC. The molecule has 42 heavy (non-hydrogen) atoms. The Labute approximate surface area is 258 Å². The summed E-state index contributed by atoms with van der Waals surface area (Å²) in [6.07, 6.45) is 38.4. The summed E-state index contributed by atoms with van der Waals surface area (Å²) in [5, 5.41) is 0. The highest BCUT2D eigenvalue weighted by atomic mass is 16.6. The van der Waals surface area contributed by atoms with E-state index < -0.39 is 6.10 Å². The van der Waals surface area contributed by atoms with Gasteiger partial charge in [-0.25, -0.2) is 0 Å². The van der Waals surface area contributed by atoms with Crippen LogP contribution in [-0.2, 0) is 23.8 Å². The molecule has 5 heteroatoms. The minimum atomic E-state index is -0.564. The van der Waals surface area contributed by atoms with Crippen LogP contribution in [0.5, 0.6) is 0 Å². The fourth-order valence-electron chi connectivity index (χ4n) is 4.11. The van der Waals surface area contributed by atoms with E-state index in [0.717, 1.165) is 64.2 Å². The molecule has 5 nitrogen and oxygen atoms in total. The summed E-state index contributed by atoms with van der Waals surface area (Å²) in [5.74, 6) is -0.568. The lowest BCUT2D eigenvalue weighted by Gasteiger charge is -2.18. The van der Waals surface area contributed by atoms with Gasteiger partial charge in [0.1, 0.15) is 6.61 Å². The Bertz CT molecular complexity index is 762. The summed E-state index contributed by atoms with van der Waals surface area (Å²) < 4.78 is 16.8. The predicted octanol–water partition coefficient (Wildman–Crippen LogP) is 10.3. The Hall–Kier alpha value is -2.40. The van der Waals surface area contributed by atoms with Crippen molar-refractivity contribution in [3.05, 3.63) is 60.8 Å². The summed E-state index contributed by atoms with van der Waals surface area (Å²) in [5.41, 5.74) is 0. The lowest BCUT2D eigenvalue weighted by atomic mass is 10.1. The smallest absolute Gasteiger partial charge is 0.309 e. The Morgan fingerprint density at radius 2 is 1.05 bits per heavy atom. The van der Waals surface area contributed by atoms with Crippen molar-refractivity contribution >= 4 is 11.9 Å². The standard InChI is InChI=1S/C37H62O5/c1-4-7-10-13-15-16-17-18-19-20-21-22-23-25-27-30-36(38)41-34-35(33-40-32-29-26-14-11-8-5-2)42-37(39)31-28-24-12-9-6-3/h7,10,15-16,18-19,21-22,25,27,35H,4-6,8-9,11-14,17,20,23-24,26,28-34H2,1-3H3/b10-7-,16-15-,19-18-,22-21-,27-25-. The first kappa shape index (κ1) is 39.6. The van der Waals surface area contributed by atoms with Crippen LogP contribution in [0, 0.1) is 0 Å². The minimum Gasteiger partial charge on any atom is -0.461 e. The van der Waals surface area contributed by atoms with E-state index in [1.165, 1.54) is 38.5 Å². The Morgan fingerprint density at radius 3 is 1.62 bits per heavy atom. The van der Waals surface area contributed by atoms with Crippen LogP contribution >= 0.6 is 0 Å². The number of rotatable bonds is 29. The normalized spacial score (nSPS) is 12.9. The van der Waals surface area contributed by atoms with Crippen LogP contribution in [-0.4, -0.2) is 37.9 Å². The Kier molecular flexibility index (Phi) is 31.2. The lowest BCUT2D eigenvalue weighted by molar-refractivity contribution is -0.162. The van der Waals surface area contributed by atoms with Crippen molar-refractivity contribution in [3.63, 3.8) is 0 Å². The fourth-order valence-corrected chi connectivity index (χ4v) is 4.11. The molecule has 0 aromatic rings. The van der Waals surface area contributed by atoms with Crippen LogP contribution in [0.25, 0.3) is 0 Å². The van der Waals surface area contributed by atoms with Crippen LogP contribution in [0.2, 0.25) is 0 Å². The zero-order valence-corrected chi connectivity index (χ0v) is 27.2. The molecule has 0 aliphatic carbocycles. The average molecular weight is 587 g/mol. The molecule has 0 aromatic carbocycles. The second-order valence-electron chi connectivity index (χ2n) is 10.7. The molecule has 0 rings (SSSR count). The quantitative estimate of drug-likeness (QED) is 0.0496. The second-order valence-corrected chi connectivity index (χ2v) is 10.7. The zero-order valence-electron chi connectivity index (χ0n) is 27.2. The van der Waals surface area contributed by atoms with Crippen molar-refractivity contribution in [3.8, 4) is 0 Å². The van der Waals surface area contributed by atoms with Gasteiger partial charge in [-0.15, -0.1) is 0 Å². The van der Waals surface area contributed by atoms with Gasteiger partial charge in [-0.1, -0.05) is 139 Å². The molecule has 0 fully saturated rings. The van der Waals surface area contributed by atoms with Crippen LogP contribution in [0.3, 0.4) is 0 Å². The van der Waals surface area contributed by atoms with Crippen molar-refractivity contribution in [1.29, 1.82) is 0 Å². The number of unbranched alkanes of at least 4 members (excludes halogenated alkanes) is 9. The Balaban J connectivity index is 4.27. The van der Waals surface area contributed by atoms with Gasteiger partial charge in [-0.2, -0.15) is 0 Å². The molecule has 0 aliphatic rings. The van der Waals surface area contributed by atoms with Gasteiger partial charge in [-0.05, 0) is 44.9 Å². The maximum Gasteiger partial charge on any atom is 0.309 e. The molecule has 1 atom stereocenters. The highest BCUT2D eigenvalue weighted by Gasteiger charge is 2.17. The van der Waals surface area contributed by atoms with Gasteiger partial charge in [0.05, 0.1) is 13.0 Å². The van der Waals surface area contributed by atoms with E-state index in [9.17, 15) is 9.59 Å². The largest absolute Gasteiger partial charge is 0.461 e. The first-order chi connectivity index (χ1) is 20.6. The highest BCUT2D eigenvalue weighted by Crippen LogP contribution is 2.09. The molecule has 0 aliphatic heterocycles. The van der Waals surface area contributed by atoms with Crippen LogP contribution in [0.1, 0.15) is 136 Å². The lowest BCUT2D eigenvalue weighted by Crippen LogP contribution is -2.30. The number of allylic oxidation sites excluding steroid dienone is 9. The van der Waals surface area contributed by atoms with Crippen molar-refractivity contribution in [2.24, 2.45) is 0 Å². The minimum absolute atomic E-state index is 0.0294. The first-order valence-corrected chi connectivity index (χ1v) is 16.8. The van der Waals surface area contributed by atoms with Crippen LogP contribution in [0.15, 0.2) is 60.8 Å². The molecule has 0 bridgehead atoms. The fraction of sp³-hybridized carbons (Fsp3) is 0.676. The third kappa shape index (κ3) is 30.6. The van der Waals surface area contributed by atoms with E-state index in [2.05, 4.69) is 69.4 Å². The average Bonchev–Trinajstić information content (AvgIpc) is 2.99. The van der Waals surface area contributed by atoms with Gasteiger partial charge in [0.15, 0.2) is 6.10 Å². The number of carbonyl (C=O) groups is 2. The molecule has 1 unspecified atom stereocenters. The third-order valence-electron chi connectivity index (χ3n) is 6.60. The number of ether oxygens (including phenoxy) is 3. The summed E-state index contributed by atoms with van der Waals surface area (Å²) in [4.78, 5) is 24.6. The maximum atomic E-state index is 12.4. The molecule has 0 spiro atoms. The second kappa shape index (κ2) is 33.1. The van der Waals surface area contributed by atoms with E-state index >= 15 is 0 Å². The molecule has 0 saturated heterocycles. The topological polar surface area (TPSA) is 61.8 Å². The molecular formula is C37H62O5. The molecule has 240 valence electrons. The van der Waals surface area contributed by atoms with Crippen molar-refractivity contribution in [1.82, 2.24) is 0 Å². The van der Waals surface area contributed by atoms with E-state index in [1.54, 1.807) is 0 Å². The van der Waals surface area contributed by atoms with Gasteiger partial charge in [0.25, 0.3) is 0 Å². The zero-order chi connectivity index (χ0) is 30.8. The number of esters is 2. The highest BCUT2D eigenvalue weighted by molar-refractivity contribution is 5.71. The van der Waals surface area contributed by atoms with Crippen molar-refractivity contribution < 1.29 is 23.8 Å². The van der Waals surface area contributed by atoms with Crippen LogP contribution < -0.4 is 0 Å². The summed E-state index contributed by atoms with van der Waals surface area (Å²) in [7, 11) is 0. The summed E-state index contributed by atoms with van der Waals surface area (Å²) in [6, 6.07) is 0. The number of carbonyl (C=O) groups excluding carboxylic acids is 2. The summed E-state index contributed by atoms with van der Waals surface area (Å²) in [6.45, 7) is 7.45. The van der Waals surface area contributed by atoms with Gasteiger partial charge < -0.3 is 14.2 Å². The predicted molar refractivity (Wildman–Crippen MR) is 177 cm³/mol. The van der Waals surface area contributed by atoms with E-state index in [0.29, 0.717) is 13.0 Å². The number of hydrogen-bond acceptors (Lipinski definition) is 5.